The fourth-order valence-electron chi connectivity index (χ4n) is 2.12. The maximum absolute atomic E-state index is 12.9. The minimum absolute atomic E-state index is 0.170. The Morgan fingerprint density at radius 3 is 3.00 bits per heavy atom. The lowest BCUT2D eigenvalue weighted by Gasteiger charge is -2.05. The molecule has 1 aliphatic carbocycles. The summed E-state index contributed by atoms with van der Waals surface area (Å²) in [6, 6.07) is 5.02. The summed E-state index contributed by atoms with van der Waals surface area (Å²) >= 11 is 3.44. The monoisotopic (exact) mass is 285 g/mol. The first-order valence-corrected chi connectivity index (χ1v) is 6.67. The van der Waals surface area contributed by atoms with Gasteiger partial charge in [-0.3, -0.25) is 0 Å². The molecule has 2 rings (SSSR count). The first-order chi connectivity index (χ1) is 7.72. The van der Waals surface area contributed by atoms with E-state index in [-0.39, 0.29) is 5.82 Å². The summed E-state index contributed by atoms with van der Waals surface area (Å²) in [4.78, 5) is 0. The van der Waals surface area contributed by atoms with E-state index in [1.807, 2.05) is 6.07 Å². The first kappa shape index (κ1) is 12.1. The minimum atomic E-state index is -0.170. The lowest BCUT2D eigenvalue weighted by atomic mass is 10.1. The zero-order chi connectivity index (χ0) is 11.5. The van der Waals surface area contributed by atoms with E-state index in [9.17, 15) is 4.39 Å². The standard InChI is InChI=1S/C13H17BrFN/c1-2-5-16-8-9-6-12(9)11-4-3-10(15)7-13(11)14/h3-4,7,9,12,16H,2,5-6,8H2,1H3. The molecule has 0 aromatic heterocycles. The van der Waals surface area contributed by atoms with Crippen molar-refractivity contribution in [3.8, 4) is 0 Å². The molecule has 2 atom stereocenters. The van der Waals surface area contributed by atoms with Crippen molar-refractivity contribution < 1.29 is 4.39 Å². The number of hydrogen-bond acceptors (Lipinski definition) is 1. The highest BCUT2D eigenvalue weighted by atomic mass is 79.9. The fraction of sp³-hybridized carbons (Fsp3) is 0.538. The molecular formula is C13H17BrFN. The van der Waals surface area contributed by atoms with Crippen LogP contribution in [0.15, 0.2) is 22.7 Å². The summed E-state index contributed by atoms with van der Waals surface area (Å²) in [5, 5.41) is 3.44. The van der Waals surface area contributed by atoms with Gasteiger partial charge in [0.25, 0.3) is 0 Å². The Bertz CT molecular complexity index is 367. The van der Waals surface area contributed by atoms with Crippen LogP contribution in [0.5, 0.6) is 0 Å². The lowest BCUT2D eigenvalue weighted by molar-refractivity contribution is 0.616. The summed E-state index contributed by atoms with van der Waals surface area (Å²) in [6.07, 6.45) is 2.40. The van der Waals surface area contributed by atoms with Gasteiger partial charge in [-0.05, 0) is 55.5 Å². The van der Waals surface area contributed by atoms with Crippen molar-refractivity contribution in [2.24, 2.45) is 5.92 Å². The molecule has 0 aliphatic heterocycles. The summed E-state index contributed by atoms with van der Waals surface area (Å²) in [5.41, 5.74) is 1.25. The second-order valence-electron chi connectivity index (χ2n) is 4.47. The quantitative estimate of drug-likeness (QED) is 0.814. The molecule has 1 aromatic carbocycles. The van der Waals surface area contributed by atoms with Gasteiger partial charge in [-0.1, -0.05) is 28.9 Å². The zero-order valence-corrected chi connectivity index (χ0v) is 11.1. The second kappa shape index (κ2) is 5.28. The third-order valence-corrected chi connectivity index (χ3v) is 3.80. The Morgan fingerprint density at radius 2 is 2.31 bits per heavy atom. The van der Waals surface area contributed by atoms with E-state index in [0.29, 0.717) is 5.92 Å². The van der Waals surface area contributed by atoms with Crippen LogP contribution < -0.4 is 5.32 Å². The van der Waals surface area contributed by atoms with Crippen LogP contribution in [0.25, 0.3) is 0 Å². The average Bonchev–Trinajstić information content (AvgIpc) is 2.98. The van der Waals surface area contributed by atoms with Gasteiger partial charge in [0.05, 0.1) is 0 Å². The maximum atomic E-state index is 12.9. The number of benzene rings is 1. The van der Waals surface area contributed by atoms with Gasteiger partial charge in [0.2, 0.25) is 0 Å². The molecule has 0 saturated heterocycles. The Hall–Kier alpha value is -0.410. The molecule has 1 fully saturated rings. The van der Waals surface area contributed by atoms with Crippen LogP contribution in [-0.2, 0) is 0 Å². The Labute approximate surface area is 105 Å². The van der Waals surface area contributed by atoms with Gasteiger partial charge in [0.15, 0.2) is 0 Å². The first-order valence-electron chi connectivity index (χ1n) is 5.88. The molecule has 0 radical (unpaired) electrons. The van der Waals surface area contributed by atoms with Crippen LogP contribution >= 0.6 is 15.9 Å². The van der Waals surface area contributed by atoms with Crippen molar-refractivity contribution in [2.45, 2.75) is 25.7 Å². The van der Waals surface area contributed by atoms with Crippen LogP contribution in [0.1, 0.15) is 31.2 Å². The number of halogens is 2. The molecule has 16 heavy (non-hydrogen) atoms. The molecule has 1 N–H and O–H groups in total. The number of hydrogen-bond donors (Lipinski definition) is 1. The Morgan fingerprint density at radius 1 is 1.50 bits per heavy atom. The third-order valence-electron chi connectivity index (χ3n) is 3.12. The van der Waals surface area contributed by atoms with E-state index in [2.05, 4.69) is 28.2 Å². The van der Waals surface area contributed by atoms with E-state index in [1.54, 1.807) is 12.1 Å². The third kappa shape index (κ3) is 2.83. The van der Waals surface area contributed by atoms with E-state index >= 15 is 0 Å². The Balaban J connectivity index is 1.90. The molecular weight excluding hydrogens is 269 g/mol. The van der Waals surface area contributed by atoms with Gasteiger partial charge in [-0.15, -0.1) is 0 Å². The van der Waals surface area contributed by atoms with E-state index in [1.165, 1.54) is 18.4 Å². The van der Waals surface area contributed by atoms with Crippen LogP contribution in [0.2, 0.25) is 0 Å². The summed E-state index contributed by atoms with van der Waals surface area (Å²) < 4.78 is 13.8. The largest absolute Gasteiger partial charge is 0.316 e. The van der Waals surface area contributed by atoms with Crippen molar-refractivity contribution in [3.05, 3.63) is 34.1 Å². The topological polar surface area (TPSA) is 12.0 Å². The van der Waals surface area contributed by atoms with Crippen LogP contribution in [0.3, 0.4) is 0 Å². The summed E-state index contributed by atoms with van der Waals surface area (Å²) in [5.74, 6) is 1.17. The molecule has 0 amide bonds. The van der Waals surface area contributed by atoms with Crippen LogP contribution in [-0.4, -0.2) is 13.1 Å². The zero-order valence-electron chi connectivity index (χ0n) is 9.47. The highest BCUT2D eigenvalue weighted by Crippen LogP contribution is 2.49. The normalized spacial score (nSPS) is 23.4. The lowest BCUT2D eigenvalue weighted by Crippen LogP contribution is -2.17. The second-order valence-corrected chi connectivity index (χ2v) is 5.33. The van der Waals surface area contributed by atoms with Crippen LogP contribution in [0.4, 0.5) is 4.39 Å². The molecule has 1 saturated carbocycles. The van der Waals surface area contributed by atoms with Crippen LogP contribution in [0, 0.1) is 11.7 Å². The minimum Gasteiger partial charge on any atom is -0.316 e. The van der Waals surface area contributed by atoms with Crippen molar-refractivity contribution >= 4 is 15.9 Å². The van der Waals surface area contributed by atoms with Gasteiger partial charge < -0.3 is 5.32 Å². The number of rotatable bonds is 5. The fourth-order valence-corrected chi connectivity index (χ4v) is 2.77. The molecule has 0 spiro atoms. The molecule has 0 heterocycles. The predicted octanol–water partition coefficient (Wildman–Crippen LogP) is 3.69. The van der Waals surface area contributed by atoms with Gasteiger partial charge >= 0.3 is 0 Å². The highest BCUT2D eigenvalue weighted by Gasteiger charge is 2.38. The predicted molar refractivity (Wildman–Crippen MR) is 68.1 cm³/mol. The van der Waals surface area contributed by atoms with Gasteiger partial charge in [-0.2, -0.15) is 0 Å². The average molecular weight is 286 g/mol. The van der Waals surface area contributed by atoms with Crippen molar-refractivity contribution in [1.29, 1.82) is 0 Å². The SMILES string of the molecule is CCCNCC1CC1c1ccc(F)cc1Br. The van der Waals surface area contributed by atoms with E-state index in [4.69, 9.17) is 0 Å². The molecule has 3 heteroatoms. The smallest absolute Gasteiger partial charge is 0.124 e. The van der Waals surface area contributed by atoms with E-state index < -0.39 is 0 Å². The van der Waals surface area contributed by atoms with Gasteiger partial charge in [0, 0.05) is 4.47 Å². The molecule has 1 nitrogen and oxygen atoms in total. The van der Waals surface area contributed by atoms with Gasteiger partial charge in [-0.25, -0.2) is 4.39 Å². The van der Waals surface area contributed by atoms with Crippen molar-refractivity contribution in [2.75, 3.05) is 13.1 Å². The Kier molecular flexibility index (Phi) is 3.98. The van der Waals surface area contributed by atoms with Gasteiger partial charge in [0.1, 0.15) is 5.82 Å². The van der Waals surface area contributed by atoms with Crippen molar-refractivity contribution in [3.63, 3.8) is 0 Å². The summed E-state index contributed by atoms with van der Waals surface area (Å²) in [7, 11) is 0. The molecule has 88 valence electrons. The molecule has 0 bridgehead atoms. The molecule has 2 unspecified atom stereocenters. The summed E-state index contributed by atoms with van der Waals surface area (Å²) in [6.45, 7) is 4.35. The van der Waals surface area contributed by atoms with E-state index in [0.717, 1.165) is 23.5 Å². The molecule has 1 aromatic rings. The number of nitrogens with one attached hydrogen (secondary N) is 1. The highest BCUT2D eigenvalue weighted by molar-refractivity contribution is 9.10. The van der Waals surface area contributed by atoms with Crippen molar-refractivity contribution in [1.82, 2.24) is 5.32 Å². The molecule has 1 aliphatic rings. The maximum Gasteiger partial charge on any atom is 0.124 e.